The van der Waals surface area contributed by atoms with Crippen LogP contribution in [0.5, 0.6) is 0 Å². The first kappa shape index (κ1) is 14.5. The molecule has 4 nitrogen and oxygen atoms in total. The van der Waals surface area contributed by atoms with E-state index in [9.17, 15) is 4.79 Å². The molecule has 17 heavy (non-hydrogen) atoms. The molecule has 4 heteroatoms. The van der Waals surface area contributed by atoms with Crippen molar-refractivity contribution in [3.05, 3.63) is 0 Å². The molecule has 1 fully saturated rings. The summed E-state index contributed by atoms with van der Waals surface area (Å²) in [5.74, 6) is -0.0599. The number of carbonyl (C=O) groups excluding carboxylic acids is 1. The summed E-state index contributed by atoms with van der Waals surface area (Å²) in [5, 5.41) is 3.44. The van der Waals surface area contributed by atoms with Crippen molar-refractivity contribution in [2.24, 2.45) is 0 Å². The first-order valence-corrected chi connectivity index (χ1v) is 6.75. The Morgan fingerprint density at radius 2 is 2.18 bits per heavy atom. The number of nitrogens with one attached hydrogen (secondary N) is 1. The number of rotatable bonds is 5. The number of hydrogen-bond acceptors (Lipinski definition) is 4. The van der Waals surface area contributed by atoms with Crippen LogP contribution in [0, 0.1) is 0 Å². The fourth-order valence-corrected chi connectivity index (χ4v) is 2.42. The zero-order valence-corrected chi connectivity index (χ0v) is 11.5. The molecule has 0 amide bonds. The van der Waals surface area contributed by atoms with Crippen LogP contribution in [0.3, 0.4) is 0 Å². The monoisotopic (exact) mass is 242 g/mol. The Balaban J connectivity index is 2.69. The van der Waals surface area contributed by atoms with E-state index >= 15 is 0 Å². The van der Waals surface area contributed by atoms with Gasteiger partial charge in [-0.1, -0.05) is 13.3 Å². The van der Waals surface area contributed by atoms with E-state index in [0.717, 1.165) is 25.9 Å². The zero-order chi connectivity index (χ0) is 12.8. The number of hydrogen-bond donors (Lipinski definition) is 1. The lowest BCUT2D eigenvalue weighted by Gasteiger charge is -2.41. The number of piperazine rings is 1. The lowest BCUT2D eigenvalue weighted by molar-refractivity contribution is -0.151. The third kappa shape index (κ3) is 3.96. The standard InChI is InChI=1S/C13H26N2O2/c1-5-7-12(13(16)17-6-2)15-9-10(3)14-8-11(15)4/h10-12,14H,5-9H2,1-4H3. The van der Waals surface area contributed by atoms with Crippen LogP contribution in [0.1, 0.15) is 40.5 Å². The van der Waals surface area contributed by atoms with Crippen LogP contribution >= 0.6 is 0 Å². The van der Waals surface area contributed by atoms with E-state index in [4.69, 9.17) is 4.74 Å². The number of carbonyl (C=O) groups is 1. The van der Waals surface area contributed by atoms with Gasteiger partial charge in [0.2, 0.25) is 0 Å². The SMILES string of the molecule is CCCC(C(=O)OCC)N1CC(C)NCC1C. The molecule has 100 valence electrons. The minimum Gasteiger partial charge on any atom is -0.465 e. The molecular weight excluding hydrogens is 216 g/mol. The molecule has 3 unspecified atom stereocenters. The van der Waals surface area contributed by atoms with Gasteiger partial charge in [0.15, 0.2) is 0 Å². The van der Waals surface area contributed by atoms with Gasteiger partial charge in [0, 0.05) is 25.2 Å². The Hall–Kier alpha value is -0.610. The van der Waals surface area contributed by atoms with Crippen LogP contribution < -0.4 is 5.32 Å². The van der Waals surface area contributed by atoms with Crippen LogP contribution in [0.2, 0.25) is 0 Å². The maximum atomic E-state index is 12.0. The predicted molar refractivity (Wildman–Crippen MR) is 69.0 cm³/mol. The fourth-order valence-electron chi connectivity index (χ4n) is 2.42. The van der Waals surface area contributed by atoms with E-state index in [1.54, 1.807) is 0 Å². The Morgan fingerprint density at radius 1 is 1.47 bits per heavy atom. The van der Waals surface area contributed by atoms with Crippen molar-refractivity contribution in [3.8, 4) is 0 Å². The number of esters is 1. The van der Waals surface area contributed by atoms with Crippen LogP contribution in [-0.4, -0.2) is 48.7 Å². The largest absolute Gasteiger partial charge is 0.465 e. The van der Waals surface area contributed by atoms with Gasteiger partial charge in [-0.05, 0) is 27.2 Å². The van der Waals surface area contributed by atoms with E-state index in [1.165, 1.54) is 0 Å². The molecule has 1 heterocycles. The molecule has 0 radical (unpaired) electrons. The van der Waals surface area contributed by atoms with Gasteiger partial charge in [-0.25, -0.2) is 0 Å². The topological polar surface area (TPSA) is 41.6 Å². The van der Waals surface area contributed by atoms with Gasteiger partial charge in [-0.2, -0.15) is 0 Å². The van der Waals surface area contributed by atoms with Gasteiger partial charge in [0.05, 0.1) is 6.61 Å². The van der Waals surface area contributed by atoms with E-state index in [2.05, 4.69) is 31.0 Å². The molecule has 1 N–H and O–H groups in total. The van der Waals surface area contributed by atoms with E-state index in [-0.39, 0.29) is 12.0 Å². The van der Waals surface area contributed by atoms with E-state index in [1.807, 2.05) is 6.92 Å². The predicted octanol–water partition coefficient (Wildman–Crippen LogP) is 1.40. The Morgan fingerprint density at radius 3 is 2.76 bits per heavy atom. The number of nitrogens with zero attached hydrogens (tertiary/aromatic N) is 1. The summed E-state index contributed by atoms with van der Waals surface area (Å²) in [4.78, 5) is 14.3. The van der Waals surface area contributed by atoms with Gasteiger partial charge < -0.3 is 10.1 Å². The summed E-state index contributed by atoms with van der Waals surface area (Å²) >= 11 is 0. The smallest absolute Gasteiger partial charge is 0.323 e. The molecule has 0 aromatic heterocycles. The third-order valence-corrected chi connectivity index (χ3v) is 3.33. The summed E-state index contributed by atoms with van der Waals surface area (Å²) < 4.78 is 5.19. The maximum Gasteiger partial charge on any atom is 0.323 e. The highest BCUT2D eigenvalue weighted by molar-refractivity contribution is 5.75. The molecule has 0 spiro atoms. The summed E-state index contributed by atoms with van der Waals surface area (Å²) in [6.07, 6.45) is 1.89. The van der Waals surface area contributed by atoms with E-state index < -0.39 is 0 Å². The highest BCUT2D eigenvalue weighted by Crippen LogP contribution is 2.16. The van der Waals surface area contributed by atoms with Crippen molar-refractivity contribution in [1.82, 2.24) is 10.2 Å². The maximum absolute atomic E-state index is 12.0. The molecule has 0 aromatic carbocycles. The fraction of sp³-hybridized carbons (Fsp3) is 0.923. The van der Waals surface area contributed by atoms with Crippen molar-refractivity contribution in [2.45, 2.75) is 58.7 Å². The molecule has 0 aromatic rings. The minimum absolute atomic E-state index is 0.0599. The number of ether oxygens (including phenoxy) is 1. The minimum atomic E-state index is -0.0699. The highest BCUT2D eigenvalue weighted by atomic mass is 16.5. The summed E-state index contributed by atoms with van der Waals surface area (Å²) in [7, 11) is 0. The highest BCUT2D eigenvalue weighted by Gasteiger charge is 2.33. The normalized spacial score (nSPS) is 27.8. The van der Waals surface area contributed by atoms with Crippen LogP contribution in [-0.2, 0) is 9.53 Å². The summed E-state index contributed by atoms with van der Waals surface area (Å²) in [5.41, 5.74) is 0. The Kier molecular flexibility index (Phi) is 5.92. The molecular formula is C13H26N2O2. The van der Waals surface area contributed by atoms with Gasteiger partial charge in [0.25, 0.3) is 0 Å². The molecule has 0 aliphatic carbocycles. The average molecular weight is 242 g/mol. The first-order chi connectivity index (χ1) is 8.10. The van der Waals surface area contributed by atoms with Crippen LogP contribution in [0.4, 0.5) is 0 Å². The van der Waals surface area contributed by atoms with Crippen LogP contribution in [0.15, 0.2) is 0 Å². The molecule has 3 atom stereocenters. The summed E-state index contributed by atoms with van der Waals surface area (Å²) in [6.45, 7) is 10.6. The molecule has 0 bridgehead atoms. The second kappa shape index (κ2) is 6.97. The van der Waals surface area contributed by atoms with E-state index in [0.29, 0.717) is 18.7 Å². The summed E-state index contributed by atoms with van der Waals surface area (Å²) in [6, 6.07) is 0.770. The first-order valence-electron chi connectivity index (χ1n) is 6.75. The molecule has 0 saturated carbocycles. The Labute approximate surface area is 105 Å². The molecule has 1 rings (SSSR count). The van der Waals surface area contributed by atoms with Crippen LogP contribution in [0.25, 0.3) is 0 Å². The van der Waals surface area contributed by atoms with Crippen molar-refractivity contribution in [2.75, 3.05) is 19.7 Å². The van der Waals surface area contributed by atoms with Crippen molar-refractivity contribution in [3.63, 3.8) is 0 Å². The lowest BCUT2D eigenvalue weighted by Crippen LogP contribution is -2.59. The quantitative estimate of drug-likeness (QED) is 0.740. The molecule has 1 aliphatic rings. The van der Waals surface area contributed by atoms with Gasteiger partial charge in [-0.15, -0.1) is 0 Å². The zero-order valence-electron chi connectivity index (χ0n) is 11.5. The second-order valence-corrected chi connectivity index (χ2v) is 4.91. The van der Waals surface area contributed by atoms with Gasteiger partial charge >= 0.3 is 5.97 Å². The Bertz CT molecular complexity index is 246. The third-order valence-electron chi connectivity index (χ3n) is 3.33. The molecule has 1 aliphatic heterocycles. The van der Waals surface area contributed by atoms with Gasteiger partial charge in [-0.3, -0.25) is 9.69 Å². The molecule has 1 saturated heterocycles. The second-order valence-electron chi connectivity index (χ2n) is 4.91. The van der Waals surface area contributed by atoms with Crippen molar-refractivity contribution >= 4 is 5.97 Å². The average Bonchev–Trinajstić information content (AvgIpc) is 2.30. The van der Waals surface area contributed by atoms with Crippen molar-refractivity contribution in [1.29, 1.82) is 0 Å². The lowest BCUT2D eigenvalue weighted by atomic mass is 10.0. The van der Waals surface area contributed by atoms with Gasteiger partial charge in [0.1, 0.15) is 6.04 Å². The van der Waals surface area contributed by atoms with Crippen molar-refractivity contribution < 1.29 is 9.53 Å².